The van der Waals surface area contributed by atoms with E-state index < -0.39 is 24.0 Å². The number of hydrogen-bond acceptors (Lipinski definition) is 3. The Balaban J connectivity index is 2.24. The minimum Gasteiger partial charge on any atom is -0.355 e. The SMILES string of the molecule is N#Cc1ccc(C(F)(F)F)nc1N1CCC(C(F)(F)F)CC1. The number of halogens is 6. The van der Waals surface area contributed by atoms with Crippen molar-refractivity contribution in [1.29, 1.82) is 5.26 Å². The van der Waals surface area contributed by atoms with E-state index in [0.29, 0.717) is 6.07 Å². The van der Waals surface area contributed by atoms with E-state index in [1.54, 1.807) is 6.07 Å². The first-order chi connectivity index (χ1) is 10.1. The first kappa shape index (κ1) is 16.4. The molecule has 120 valence electrons. The summed E-state index contributed by atoms with van der Waals surface area (Å²) in [5.74, 6) is -1.68. The van der Waals surface area contributed by atoms with Gasteiger partial charge in [0, 0.05) is 13.1 Å². The van der Waals surface area contributed by atoms with Crippen molar-refractivity contribution in [3.05, 3.63) is 23.4 Å². The van der Waals surface area contributed by atoms with Crippen molar-refractivity contribution in [3.8, 4) is 6.07 Å². The zero-order chi connectivity index (χ0) is 16.5. The average Bonchev–Trinajstić information content (AvgIpc) is 2.45. The minimum atomic E-state index is -4.67. The zero-order valence-corrected chi connectivity index (χ0v) is 11.2. The van der Waals surface area contributed by atoms with E-state index in [4.69, 9.17) is 5.26 Å². The molecule has 0 N–H and O–H groups in total. The van der Waals surface area contributed by atoms with E-state index >= 15 is 0 Å². The number of hydrogen-bond donors (Lipinski definition) is 0. The minimum absolute atomic E-state index is 0.0848. The van der Waals surface area contributed by atoms with Crippen LogP contribution in [0.5, 0.6) is 0 Å². The number of rotatable bonds is 1. The number of alkyl halides is 6. The molecule has 0 atom stereocenters. The maximum atomic E-state index is 12.7. The molecule has 0 aromatic carbocycles. The Hall–Kier alpha value is -1.98. The van der Waals surface area contributed by atoms with Gasteiger partial charge in [-0.05, 0) is 25.0 Å². The zero-order valence-electron chi connectivity index (χ0n) is 11.2. The summed E-state index contributed by atoms with van der Waals surface area (Å²) in [6, 6.07) is 3.39. The van der Waals surface area contributed by atoms with E-state index in [9.17, 15) is 26.3 Å². The van der Waals surface area contributed by atoms with Crippen LogP contribution in [-0.4, -0.2) is 24.2 Å². The van der Waals surface area contributed by atoms with Crippen LogP contribution in [0.3, 0.4) is 0 Å². The van der Waals surface area contributed by atoms with Crippen molar-refractivity contribution in [2.24, 2.45) is 5.92 Å². The third-order valence-corrected chi connectivity index (χ3v) is 3.54. The number of aromatic nitrogens is 1. The summed E-state index contributed by atoms with van der Waals surface area (Å²) in [6.07, 6.45) is -9.45. The predicted octanol–water partition coefficient (Wildman–Crippen LogP) is 3.75. The van der Waals surface area contributed by atoms with Gasteiger partial charge in [-0.1, -0.05) is 0 Å². The van der Waals surface area contributed by atoms with Gasteiger partial charge in [0.2, 0.25) is 0 Å². The monoisotopic (exact) mass is 323 g/mol. The van der Waals surface area contributed by atoms with Crippen LogP contribution in [-0.2, 0) is 6.18 Å². The van der Waals surface area contributed by atoms with Crippen LogP contribution in [0.1, 0.15) is 24.1 Å². The summed E-state index contributed by atoms with van der Waals surface area (Å²) in [5.41, 5.74) is -1.25. The van der Waals surface area contributed by atoms with E-state index in [1.165, 1.54) is 4.90 Å². The first-order valence-electron chi connectivity index (χ1n) is 6.43. The van der Waals surface area contributed by atoms with Crippen LogP contribution in [0, 0.1) is 17.2 Å². The molecule has 1 aromatic heterocycles. The molecular weight excluding hydrogens is 312 g/mol. The van der Waals surface area contributed by atoms with Gasteiger partial charge in [0.05, 0.1) is 11.5 Å². The van der Waals surface area contributed by atoms with Gasteiger partial charge in [-0.25, -0.2) is 4.98 Å². The van der Waals surface area contributed by atoms with Crippen LogP contribution in [0.2, 0.25) is 0 Å². The summed E-state index contributed by atoms with van der Waals surface area (Å²) >= 11 is 0. The molecule has 1 saturated heterocycles. The van der Waals surface area contributed by atoms with Gasteiger partial charge in [-0.2, -0.15) is 31.6 Å². The third kappa shape index (κ3) is 3.43. The average molecular weight is 323 g/mol. The molecule has 3 nitrogen and oxygen atoms in total. The largest absolute Gasteiger partial charge is 0.433 e. The highest BCUT2D eigenvalue weighted by molar-refractivity contribution is 5.54. The molecule has 0 aliphatic carbocycles. The smallest absolute Gasteiger partial charge is 0.355 e. The molecule has 0 saturated carbocycles. The fraction of sp³-hybridized carbons (Fsp3) is 0.538. The Bertz CT molecular complexity index is 579. The number of nitriles is 1. The predicted molar refractivity (Wildman–Crippen MR) is 64.9 cm³/mol. The maximum absolute atomic E-state index is 12.7. The van der Waals surface area contributed by atoms with Crippen molar-refractivity contribution in [3.63, 3.8) is 0 Å². The number of nitrogens with zero attached hydrogens (tertiary/aromatic N) is 3. The molecule has 1 aromatic rings. The highest BCUT2D eigenvalue weighted by Gasteiger charge is 2.41. The van der Waals surface area contributed by atoms with Crippen LogP contribution >= 0.6 is 0 Å². The molecule has 22 heavy (non-hydrogen) atoms. The summed E-state index contributed by atoms with van der Waals surface area (Å²) in [6.45, 7) is -0.180. The molecule has 2 heterocycles. The Kier molecular flexibility index (Phi) is 4.22. The van der Waals surface area contributed by atoms with Crippen molar-refractivity contribution >= 4 is 5.82 Å². The molecule has 0 bridgehead atoms. The van der Waals surface area contributed by atoms with Crippen molar-refractivity contribution in [2.75, 3.05) is 18.0 Å². The molecule has 2 rings (SSSR count). The summed E-state index contributed by atoms with van der Waals surface area (Å²) in [4.78, 5) is 4.72. The van der Waals surface area contributed by atoms with Gasteiger partial charge in [0.1, 0.15) is 17.6 Å². The van der Waals surface area contributed by atoms with Crippen molar-refractivity contribution in [2.45, 2.75) is 25.2 Å². The van der Waals surface area contributed by atoms with Crippen LogP contribution in [0.15, 0.2) is 12.1 Å². The van der Waals surface area contributed by atoms with Crippen LogP contribution in [0.25, 0.3) is 0 Å². The number of anilines is 1. The molecule has 0 radical (unpaired) electrons. The number of pyridine rings is 1. The lowest BCUT2D eigenvalue weighted by Crippen LogP contribution is -2.39. The van der Waals surface area contributed by atoms with Gasteiger partial charge >= 0.3 is 12.4 Å². The molecule has 1 fully saturated rings. The Morgan fingerprint density at radius 3 is 2.14 bits per heavy atom. The second-order valence-electron chi connectivity index (χ2n) is 4.98. The lowest BCUT2D eigenvalue weighted by Gasteiger charge is -2.34. The molecule has 9 heteroatoms. The highest BCUT2D eigenvalue weighted by Crippen LogP contribution is 2.36. The third-order valence-electron chi connectivity index (χ3n) is 3.54. The van der Waals surface area contributed by atoms with Gasteiger partial charge in [-0.15, -0.1) is 0 Å². The van der Waals surface area contributed by atoms with Gasteiger partial charge in [-0.3, -0.25) is 0 Å². The second-order valence-corrected chi connectivity index (χ2v) is 4.98. The van der Waals surface area contributed by atoms with Crippen molar-refractivity contribution in [1.82, 2.24) is 4.98 Å². The fourth-order valence-electron chi connectivity index (χ4n) is 2.35. The topological polar surface area (TPSA) is 39.9 Å². The first-order valence-corrected chi connectivity index (χ1v) is 6.43. The maximum Gasteiger partial charge on any atom is 0.433 e. The van der Waals surface area contributed by atoms with Gasteiger partial charge in [0.25, 0.3) is 0 Å². The normalized spacial score (nSPS) is 17.4. The number of piperidine rings is 1. The molecule has 0 unspecified atom stereocenters. The summed E-state index contributed by atoms with van der Waals surface area (Å²) in [7, 11) is 0. The van der Waals surface area contributed by atoms with Gasteiger partial charge < -0.3 is 4.90 Å². The lowest BCUT2D eigenvalue weighted by molar-refractivity contribution is -0.179. The summed E-state index contributed by atoms with van der Waals surface area (Å²) in [5, 5.41) is 8.95. The standard InChI is InChI=1S/C13H11F6N3/c14-12(15,16)9-3-5-22(6-4-9)11-8(7-20)1-2-10(21-11)13(17,18)19/h1-2,9H,3-6H2. The highest BCUT2D eigenvalue weighted by atomic mass is 19.4. The Labute approximate surface area is 122 Å². The quantitative estimate of drug-likeness (QED) is 0.739. The molecular formula is C13H11F6N3. The van der Waals surface area contributed by atoms with Crippen LogP contribution < -0.4 is 4.90 Å². The van der Waals surface area contributed by atoms with E-state index in [1.807, 2.05) is 0 Å². The van der Waals surface area contributed by atoms with Crippen molar-refractivity contribution < 1.29 is 26.3 Å². The van der Waals surface area contributed by atoms with E-state index in [-0.39, 0.29) is 37.3 Å². The van der Waals surface area contributed by atoms with E-state index in [0.717, 1.165) is 6.07 Å². The fourth-order valence-corrected chi connectivity index (χ4v) is 2.35. The second kappa shape index (κ2) is 5.66. The Morgan fingerprint density at radius 2 is 1.68 bits per heavy atom. The van der Waals surface area contributed by atoms with Gasteiger partial charge in [0.15, 0.2) is 0 Å². The molecule has 1 aliphatic rings. The molecule has 0 amide bonds. The molecule has 0 spiro atoms. The molecule has 1 aliphatic heterocycles. The Morgan fingerprint density at radius 1 is 1.09 bits per heavy atom. The lowest BCUT2D eigenvalue weighted by atomic mass is 9.96. The van der Waals surface area contributed by atoms with E-state index in [2.05, 4.69) is 4.98 Å². The summed E-state index contributed by atoms with van der Waals surface area (Å²) < 4.78 is 75.8. The van der Waals surface area contributed by atoms with Crippen LogP contribution in [0.4, 0.5) is 32.2 Å².